The quantitative estimate of drug-likeness (QED) is 0.211. The number of hydrogen-bond donors (Lipinski definition) is 3. The molecule has 2 aromatic carbocycles. The second-order valence-corrected chi connectivity index (χ2v) is 13.5. The Morgan fingerprint density at radius 2 is 1.64 bits per heavy atom. The molecule has 4 rings (SSSR count). The number of alkyl halides is 3. The van der Waals surface area contributed by atoms with Gasteiger partial charge in [0.15, 0.2) is 0 Å². The molecular formula is C34H39F3N2O4S. The molecule has 3 aromatic rings. The number of nitrogens with one attached hydrogen (secondary N) is 2. The fraction of sp³-hybridized carbons (Fsp3) is 0.441. The van der Waals surface area contributed by atoms with Crippen LogP contribution in [-0.2, 0) is 22.2 Å². The Morgan fingerprint density at radius 1 is 0.955 bits per heavy atom. The van der Waals surface area contributed by atoms with Crippen LogP contribution < -0.4 is 10.6 Å². The number of anilines is 1. The van der Waals surface area contributed by atoms with Crippen molar-refractivity contribution in [2.75, 3.05) is 11.9 Å². The van der Waals surface area contributed by atoms with E-state index < -0.39 is 29.5 Å². The van der Waals surface area contributed by atoms with Gasteiger partial charge in [0.2, 0.25) is 5.91 Å². The van der Waals surface area contributed by atoms with Gasteiger partial charge in [-0.1, -0.05) is 32.9 Å². The number of rotatable bonds is 10. The van der Waals surface area contributed by atoms with Gasteiger partial charge in [-0.05, 0) is 113 Å². The monoisotopic (exact) mass is 628 g/mol. The van der Waals surface area contributed by atoms with E-state index in [9.17, 15) is 27.6 Å². The average molecular weight is 629 g/mol. The van der Waals surface area contributed by atoms with Crippen LogP contribution in [0.1, 0.15) is 74.4 Å². The normalized spacial score (nSPS) is 18.0. The number of carbonyl (C=O) groups excluding carboxylic acids is 2. The highest BCUT2D eigenvalue weighted by molar-refractivity contribution is 7.08. The van der Waals surface area contributed by atoms with Gasteiger partial charge in [-0.15, -0.1) is 0 Å². The van der Waals surface area contributed by atoms with E-state index in [2.05, 4.69) is 31.4 Å². The molecule has 0 spiro atoms. The lowest BCUT2D eigenvalue weighted by Gasteiger charge is -2.39. The van der Waals surface area contributed by atoms with Crippen LogP contribution in [-0.4, -0.2) is 29.4 Å². The van der Waals surface area contributed by atoms with Crippen molar-refractivity contribution in [3.63, 3.8) is 0 Å². The first-order valence-electron chi connectivity index (χ1n) is 14.9. The third kappa shape index (κ3) is 8.94. The zero-order valence-electron chi connectivity index (χ0n) is 25.2. The fourth-order valence-electron chi connectivity index (χ4n) is 5.99. The highest BCUT2D eigenvalue weighted by Gasteiger charge is 2.36. The highest BCUT2D eigenvalue weighted by atomic mass is 32.1. The summed E-state index contributed by atoms with van der Waals surface area (Å²) in [5.41, 5.74) is 1.67. The van der Waals surface area contributed by atoms with Crippen LogP contribution in [0.3, 0.4) is 0 Å². The van der Waals surface area contributed by atoms with Gasteiger partial charge < -0.3 is 15.7 Å². The number of benzene rings is 2. The summed E-state index contributed by atoms with van der Waals surface area (Å²) in [5.74, 6) is -1.62. The number of thiophene rings is 1. The Kier molecular flexibility index (Phi) is 10.6. The number of aliphatic carboxylic acids is 1. The van der Waals surface area contributed by atoms with Gasteiger partial charge in [0.05, 0.1) is 12.0 Å². The van der Waals surface area contributed by atoms with Gasteiger partial charge in [0.1, 0.15) is 0 Å². The summed E-state index contributed by atoms with van der Waals surface area (Å²) in [5, 5.41) is 17.8. The molecule has 1 heterocycles. The lowest BCUT2D eigenvalue weighted by atomic mass is 9.66. The van der Waals surface area contributed by atoms with Crippen molar-refractivity contribution in [2.45, 2.75) is 65.5 Å². The molecule has 1 saturated carbocycles. The van der Waals surface area contributed by atoms with Crippen LogP contribution in [0, 0.1) is 23.2 Å². The van der Waals surface area contributed by atoms with Gasteiger partial charge in [0.25, 0.3) is 5.91 Å². The summed E-state index contributed by atoms with van der Waals surface area (Å²) in [6.45, 7) is 6.68. The number of hydrogen-bond acceptors (Lipinski definition) is 4. The summed E-state index contributed by atoms with van der Waals surface area (Å²) in [7, 11) is 0. The molecule has 1 aliphatic rings. The van der Waals surface area contributed by atoms with Crippen LogP contribution in [0.25, 0.3) is 11.1 Å². The van der Waals surface area contributed by atoms with E-state index in [1.165, 1.54) is 11.3 Å². The Balaban J connectivity index is 1.56. The van der Waals surface area contributed by atoms with E-state index in [0.29, 0.717) is 29.0 Å². The molecule has 2 amide bonds. The molecule has 1 atom stereocenters. The van der Waals surface area contributed by atoms with Crippen LogP contribution in [0.4, 0.5) is 18.9 Å². The summed E-state index contributed by atoms with van der Waals surface area (Å²) in [6.07, 6.45) is -0.761. The Labute approximate surface area is 260 Å². The molecule has 1 unspecified atom stereocenters. The van der Waals surface area contributed by atoms with Crippen LogP contribution >= 0.6 is 11.3 Å². The van der Waals surface area contributed by atoms with Gasteiger partial charge in [-0.25, -0.2) is 0 Å². The summed E-state index contributed by atoms with van der Waals surface area (Å²) in [6, 6.07) is 12.2. The molecule has 1 fully saturated rings. The molecule has 6 nitrogen and oxygen atoms in total. The molecular weight excluding hydrogens is 589 g/mol. The smallest absolute Gasteiger partial charge is 0.416 e. The SMILES string of the molecule is CC(C)(C)C1CCC(C(Cc2ccc(C(=O)NCCC(=O)O)cc2)C(=O)Nc2cc(-c3ccsc3)cc(C(F)(F)F)c2)CC1. The molecule has 236 valence electrons. The zero-order chi connectivity index (χ0) is 32.1. The van der Waals surface area contributed by atoms with Gasteiger partial charge in [0, 0.05) is 23.7 Å². The van der Waals surface area contributed by atoms with E-state index in [1.807, 2.05) is 0 Å². The number of carboxylic acid groups (broad SMARTS) is 1. The third-order valence-corrected chi connectivity index (χ3v) is 9.26. The second kappa shape index (κ2) is 14.0. The van der Waals surface area contributed by atoms with Gasteiger partial charge >= 0.3 is 12.1 Å². The van der Waals surface area contributed by atoms with Crippen molar-refractivity contribution < 1.29 is 32.7 Å². The zero-order valence-corrected chi connectivity index (χ0v) is 26.0. The minimum atomic E-state index is -4.57. The van der Waals surface area contributed by atoms with Gasteiger partial charge in [-0.3, -0.25) is 14.4 Å². The minimum absolute atomic E-state index is 0.0130. The Bertz CT molecular complexity index is 1440. The largest absolute Gasteiger partial charge is 0.481 e. The number of halogens is 3. The molecule has 0 radical (unpaired) electrons. The average Bonchev–Trinajstić information content (AvgIpc) is 3.50. The highest BCUT2D eigenvalue weighted by Crippen LogP contribution is 2.43. The molecule has 0 aliphatic heterocycles. The second-order valence-electron chi connectivity index (χ2n) is 12.7. The number of carbonyl (C=O) groups is 3. The van der Waals surface area contributed by atoms with Crippen molar-refractivity contribution in [3.05, 3.63) is 76.0 Å². The Morgan fingerprint density at radius 3 is 2.20 bits per heavy atom. The summed E-state index contributed by atoms with van der Waals surface area (Å²) >= 11 is 1.38. The van der Waals surface area contributed by atoms with E-state index in [0.717, 1.165) is 43.4 Å². The third-order valence-electron chi connectivity index (χ3n) is 8.58. The molecule has 1 aliphatic carbocycles. The summed E-state index contributed by atoms with van der Waals surface area (Å²) in [4.78, 5) is 37.0. The van der Waals surface area contributed by atoms with Crippen molar-refractivity contribution in [1.82, 2.24) is 5.32 Å². The first-order chi connectivity index (χ1) is 20.7. The van der Waals surface area contributed by atoms with Crippen LogP contribution in [0.5, 0.6) is 0 Å². The molecule has 10 heteroatoms. The molecule has 3 N–H and O–H groups in total. The van der Waals surface area contributed by atoms with Gasteiger partial charge in [-0.2, -0.15) is 24.5 Å². The lowest BCUT2D eigenvalue weighted by Crippen LogP contribution is -2.35. The standard InChI is InChI=1S/C34H39F3N2O4S/c1-33(2,3)26-10-8-22(9-11-26)29(16-21-4-6-23(7-5-21)31(42)38-14-12-30(40)41)32(43)39-28-18-25(24-13-15-44-20-24)17-27(19-28)34(35,36)37/h4-7,13,15,17-20,22,26,29H,8-12,14,16H2,1-3H3,(H,38,42)(H,39,43)(H,40,41). The molecule has 1 aromatic heterocycles. The predicted molar refractivity (Wildman–Crippen MR) is 167 cm³/mol. The first kappa shape index (κ1) is 33.2. The number of carboxylic acids is 1. The van der Waals surface area contributed by atoms with Crippen molar-refractivity contribution in [3.8, 4) is 11.1 Å². The van der Waals surface area contributed by atoms with Crippen molar-refractivity contribution in [1.29, 1.82) is 0 Å². The van der Waals surface area contributed by atoms with Crippen molar-refractivity contribution >= 4 is 34.8 Å². The number of amides is 2. The van der Waals surface area contributed by atoms with Crippen LogP contribution in [0.2, 0.25) is 0 Å². The lowest BCUT2D eigenvalue weighted by molar-refractivity contribution is -0.138. The maximum Gasteiger partial charge on any atom is 0.416 e. The summed E-state index contributed by atoms with van der Waals surface area (Å²) < 4.78 is 41.5. The fourth-order valence-corrected chi connectivity index (χ4v) is 6.65. The van der Waals surface area contributed by atoms with E-state index >= 15 is 0 Å². The van der Waals surface area contributed by atoms with Crippen molar-refractivity contribution in [2.24, 2.45) is 23.2 Å². The molecule has 44 heavy (non-hydrogen) atoms. The minimum Gasteiger partial charge on any atom is -0.481 e. The van der Waals surface area contributed by atoms with E-state index in [-0.39, 0.29) is 35.9 Å². The van der Waals surface area contributed by atoms with E-state index in [4.69, 9.17) is 5.11 Å². The topological polar surface area (TPSA) is 95.5 Å². The first-order valence-corrected chi connectivity index (χ1v) is 15.8. The Hall–Kier alpha value is -3.66. The van der Waals surface area contributed by atoms with E-state index in [1.54, 1.807) is 47.2 Å². The van der Waals surface area contributed by atoms with Crippen LogP contribution in [0.15, 0.2) is 59.3 Å². The molecule has 0 saturated heterocycles. The maximum atomic E-state index is 13.9. The predicted octanol–water partition coefficient (Wildman–Crippen LogP) is 8.29. The molecule has 0 bridgehead atoms. The maximum absolute atomic E-state index is 13.9.